The van der Waals surface area contributed by atoms with Crippen LogP contribution in [-0.2, 0) is 6.54 Å². The summed E-state index contributed by atoms with van der Waals surface area (Å²) in [5.74, 6) is 0.363. The van der Waals surface area contributed by atoms with Gasteiger partial charge in [-0.15, -0.1) is 0 Å². The number of halogens is 1. The molecule has 0 radical (unpaired) electrons. The Hall–Kier alpha value is -3.35. The van der Waals surface area contributed by atoms with Crippen LogP contribution >= 0.6 is 0 Å². The second-order valence-electron chi connectivity index (χ2n) is 5.63. The van der Waals surface area contributed by atoms with Crippen molar-refractivity contribution in [1.29, 1.82) is 0 Å². The SMILES string of the molecule is COc1ccc(F)cc1CNc1ccc2[nH]nc(-c3cn[nH]c3)c2c1. The number of aromatic nitrogens is 4. The molecular formula is C18H16FN5O. The third kappa shape index (κ3) is 2.91. The topological polar surface area (TPSA) is 78.6 Å². The fourth-order valence-corrected chi connectivity index (χ4v) is 2.81. The molecule has 0 spiro atoms. The summed E-state index contributed by atoms with van der Waals surface area (Å²) in [6.07, 6.45) is 3.53. The minimum Gasteiger partial charge on any atom is -0.496 e. The summed E-state index contributed by atoms with van der Waals surface area (Å²) in [5, 5.41) is 18.4. The Kier molecular flexibility index (Phi) is 3.81. The predicted molar refractivity (Wildman–Crippen MR) is 94.0 cm³/mol. The van der Waals surface area contributed by atoms with Gasteiger partial charge in [0.15, 0.2) is 0 Å². The second kappa shape index (κ2) is 6.27. The van der Waals surface area contributed by atoms with E-state index >= 15 is 0 Å². The first-order valence-electron chi connectivity index (χ1n) is 7.78. The van der Waals surface area contributed by atoms with Crippen LogP contribution in [-0.4, -0.2) is 27.5 Å². The molecule has 25 heavy (non-hydrogen) atoms. The zero-order chi connectivity index (χ0) is 17.2. The third-order valence-electron chi connectivity index (χ3n) is 4.06. The zero-order valence-electron chi connectivity index (χ0n) is 13.5. The van der Waals surface area contributed by atoms with Gasteiger partial charge in [0.1, 0.15) is 17.3 Å². The summed E-state index contributed by atoms with van der Waals surface area (Å²) < 4.78 is 18.8. The summed E-state index contributed by atoms with van der Waals surface area (Å²) in [5.41, 5.74) is 4.34. The quantitative estimate of drug-likeness (QED) is 0.519. The summed E-state index contributed by atoms with van der Waals surface area (Å²) in [4.78, 5) is 0. The number of rotatable bonds is 5. The molecule has 4 rings (SSSR count). The number of hydrogen-bond donors (Lipinski definition) is 3. The number of anilines is 1. The summed E-state index contributed by atoms with van der Waals surface area (Å²) in [6.45, 7) is 0.450. The van der Waals surface area contributed by atoms with Crippen molar-refractivity contribution in [1.82, 2.24) is 20.4 Å². The van der Waals surface area contributed by atoms with Crippen LogP contribution in [0.5, 0.6) is 5.75 Å². The van der Waals surface area contributed by atoms with Crippen LogP contribution < -0.4 is 10.1 Å². The fourth-order valence-electron chi connectivity index (χ4n) is 2.81. The number of nitrogens with one attached hydrogen (secondary N) is 3. The average molecular weight is 337 g/mol. The number of H-pyrrole nitrogens is 2. The second-order valence-corrected chi connectivity index (χ2v) is 5.63. The van der Waals surface area contributed by atoms with E-state index < -0.39 is 0 Å². The lowest BCUT2D eigenvalue weighted by Crippen LogP contribution is -2.02. The number of hydrogen-bond acceptors (Lipinski definition) is 4. The highest BCUT2D eigenvalue weighted by molar-refractivity contribution is 5.94. The molecule has 2 aromatic carbocycles. The van der Waals surface area contributed by atoms with Gasteiger partial charge in [-0.05, 0) is 36.4 Å². The van der Waals surface area contributed by atoms with Crippen LogP contribution in [0.2, 0.25) is 0 Å². The lowest BCUT2D eigenvalue weighted by molar-refractivity contribution is 0.409. The van der Waals surface area contributed by atoms with Crippen LogP contribution in [0.3, 0.4) is 0 Å². The van der Waals surface area contributed by atoms with Crippen molar-refractivity contribution in [3.05, 3.63) is 60.2 Å². The first-order chi connectivity index (χ1) is 12.2. The van der Waals surface area contributed by atoms with Gasteiger partial charge < -0.3 is 10.1 Å². The van der Waals surface area contributed by atoms with Gasteiger partial charge in [-0.25, -0.2) is 4.39 Å². The summed E-state index contributed by atoms with van der Waals surface area (Å²) >= 11 is 0. The van der Waals surface area contributed by atoms with Gasteiger partial charge in [-0.2, -0.15) is 10.2 Å². The molecule has 7 heteroatoms. The van der Waals surface area contributed by atoms with Gasteiger partial charge in [0.2, 0.25) is 0 Å². The maximum absolute atomic E-state index is 13.5. The summed E-state index contributed by atoms with van der Waals surface area (Å²) in [7, 11) is 1.57. The molecule has 0 amide bonds. The Labute approximate surface area is 143 Å². The van der Waals surface area contributed by atoms with Crippen molar-refractivity contribution in [2.24, 2.45) is 0 Å². The van der Waals surface area contributed by atoms with Gasteiger partial charge in [0.05, 0.1) is 18.8 Å². The largest absolute Gasteiger partial charge is 0.496 e. The first-order valence-corrected chi connectivity index (χ1v) is 7.78. The molecule has 2 heterocycles. The standard InChI is InChI=1S/C18H16FN5O/c1-25-17-5-2-13(19)6-11(17)8-20-14-3-4-16-15(7-14)18(24-23-16)12-9-21-22-10-12/h2-7,9-10,20H,8H2,1H3,(H,21,22)(H,23,24). The molecule has 0 atom stereocenters. The van der Waals surface area contributed by atoms with Crippen LogP contribution in [0.15, 0.2) is 48.8 Å². The van der Waals surface area contributed by atoms with E-state index in [4.69, 9.17) is 4.74 Å². The van der Waals surface area contributed by atoms with Gasteiger partial charge in [0, 0.05) is 34.9 Å². The Balaban J connectivity index is 1.62. The van der Waals surface area contributed by atoms with E-state index in [0.717, 1.165) is 33.4 Å². The molecule has 6 nitrogen and oxygen atoms in total. The maximum Gasteiger partial charge on any atom is 0.124 e. The number of methoxy groups -OCH3 is 1. The molecule has 0 aliphatic heterocycles. The molecule has 4 aromatic rings. The van der Waals surface area contributed by atoms with Gasteiger partial charge in [0.25, 0.3) is 0 Å². The predicted octanol–water partition coefficient (Wildman–Crippen LogP) is 3.71. The Morgan fingerprint density at radius 1 is 1.20 bits per heavy atom. The maximum atomic E-state index is 13.5. The van der Waals surface area contributed by atoms with Crippen molar-refractivity contribution in [2.75, 3.05) is 12.4 Å². The Morgan fingerprint density at radius 3 is 2.92 bits per heavy atom. The first kappa shape index (κ1) is 15.2. The fraction of sp³-hybridized carbons (Fsp3) is 0.111. The van der Waals surface area contributed by atoms with Crippen molar-refractivity contribution < 1.29 is 9.13 Å². The highest BCUT2D eigenvalue weighted by Crippen LogP contribution is 2.28. The Bertz CT molecular complexity index is 1010. The van der Waals surface area contributed by atoms with E-state index in [1.165, 1.54) is 12.1 Å². The highest BCUT2D eigenvalue weighted by Gasteiger charge is 2.10. The normalized spacial score (nSPS) is 11.0. The molecule has 0 aliphatic rings. The van der Waals surface area contributed by atoms with E-state index in [1.807, 2.05) is 18.2 Å². The molecule has 3 N–H and O–H groups in total. The van der Waals surface area contributed by atoms with E-state index in [2.05, 4.69) is 25.7 Å². The molecule has 0 saturated heterocycles. The number of aromatic amines is 2. The van der Waals surface area contributed by atoms with E-state index in [-0.39, 0.29) is 5.82 Å². The molecule has 126 valence electrons. The van der Waals surface area contributed by atoms with Crippen LogP contribution in [0.4, 0.5) is 10.1 Å². The highest BCUT2D eigenvalue weighted by atomic mass is 19.1. The smallest absolute Gasteiger partial charge is 0.124 e. The number of ether oxygens (including phenoxy) is 1. The zero-order valence-corrected chi connectivity index (χ0v) is 13.5. The average Bonchev–Trinajstić information content (AvgIpc) is 3.29. The summed E-state index contributed by atoms with van der Waals surface area (Å²) in [6, 6.07) is 10.4. The lowest BCUT2D eigenvalue weighted by Gasteiger charge is -2.11. The van der Waals surface area contributed by atoms with Crippen molar-refractivity contribution in [2.45, 2.75) is 6.54 Å². The van der Waals surface area contributed by atoms with Crippen molar-refractivity contribution in [3.8, 4) is 17.0 Å². The van der Waals surface area contributed by atoms with Gasteiger partial charge in [-0.1, -0.05) is 0 Å². The van der Waals surface area contributed by atoms with Gasteiger partial charge in [-0.3, -0.25) is 10.2 Å². The van der Waals surface area contributed by atoms with Crippen molar-refractivity contribution >= 4 is 16.6 Å². The molecule has 0 aliphatic carbocycles. The van der Waals surface area contributed by atoms with Gasteiger partial charge >= 0.3 is 0 Å². The minimum absolute atomic E-state index is 0.287. The number of fused-ring (bicyclic) bond motifs is 1. The van der Waals surface area contributed by atoms with Crippen LogP contribution in [0.1, 0.15) is 5.56 Å². The van der Waals surface area contributed by atoms with E-state index in [1.54, 1.807) is 25.6 Å². The monoisotopic (exact) mass is 337 g/mol. The van der Waals surface area contributed by atoms with E-state index in [9.17, 15) is 4.39 Å². The molecule has 0 unspecified atom stereocenters. The molecular weight excluding hydrogens is 321 g/mol. The number of benzene rings is 2. The molecule has 0 bridgehead atoms. The molecule has 0 saturated carbocycles. The van der Waals surface area contributed by atoms with Crippen LogP contribution in [0.25, 0.3) is 22.2 Å². The van der Waals surface area contributed by atoms with E-state index in [0.29, 0.717) is 12.3 Å². The number of nitrogens with zero attached hydrogens (tertiary/aromatic N) is 2. The van der Waals surface area contributed by atoms with Crippen molar-refractivity contribution in [3.63, 3.8) is 0 Å². The molecule has 2 aromatic heterocycles. The molecule has 0 fully saturated rings. The lowest BCUT2D eigenvalue weighted by atomic mass is 10.1. The minimum atomic E-state index is -0.287. The van der Waals surface area contributed by atoms with Crippen LogP contribution in [0, 0.1) is 5.82 Å². The Morgan fingerprint density at radius 2 is 2.12 bits per heavy atom. The third-order valence-corrected chi connectivity index (χ3v) is 4.06.